The molecule has 0 unspecified atom stereocenters. The van der Waals surface area contributed by atoms with Gasteiger partial charge in [-0.25, -0.2) is 4.98 Å². The average molecular weight is 270 g/mol. The zero-order valence-corrected chi connectivity index (χ0v) is 10.8. The molecule has 20 heavy (non-hydrogen) atoms. The van der Waals surface area contributed by atoms with Crippen molar-refractivity contribution in [2.75, 3.05) is 12.3 Å². The lowest BCUT2D eigenvalue weighted by molar-refractivity contribution is 0.248. The fraction of sp³-hybridized carbons (Fsp3) is 0.286. The highest BCUT2D eigenvalue weighted by atomic mass is 16.4. The van der Waals surface area contributed by atoms with Gasteiger partial charge in [0.2, 0.25) is 0 Å². The number of nitrogens with two attached hydrogens (primary N) is 1. The summed E-state index contributed by atoms with van der Waals surface area (Å²) in [6.07, 6.45) is 0.770. The molecule has 0 saturated carbocycles. The lowest BCUT2D eigenvalue weighted by atomic mass is 9.95. The Morgan fingerprint density at radius 2 is 2.35 bits per heavy atom. The summed E-state index contributed by atoms with van der Waals surface area (Å²) in [5.41, 5.74) is 8.74. The molecule has 6 nitrogen and oxygen atoms in total. The number of nitrogen functional groups attached to an aromatic ring is 1. The molecule has 0 atom stereocenters. The van der Waals surface area contributed by atoms with Crippen LogP contribution in [0.3, 0.4) is 0 Å². The topological polar surface area (TPSA) is 108 Å². The summed E-state index contributed by atoms with van der Waals surface area (Å²) in [4.78, 5) is 4.32. The quantitative estimate of drug-likeness (QED) is 0.749. The minimum absolute atomic E-state index is 0.178. The molecule has 0 spiro atoms. The second-order valence-electron chi connectivity index (χ2n) is 4.63. The maximum atomic E-state index is 9.34. The second-order valence-corrected chi connectivity index (χ2v) is 4.63. The normalized spacial score (nSPS) is 13.8. The van der Waals surface area contributed by atoms with E-state index in [1.807, 2.05) is 0 Å². The largest absolute Gasteiger partial charge is 0.459 e. The maximum Gasteiger partial charge on any atom is 0.142 e. The molecule has 3 rings (SSSR count). The summed E-state index contributed by atoms with van der Waals surface area (Å²) in [7, 11) is 0. The summed E-state index contributed by atoms with van der Waals surface area (Å²) < 4.78 is 5.57. The van der Waals surface area contributed by atoms with Crippen LogP contribution in [0.2, 0.25) is 0 Å². The average Bonchev–Trinajstić information content (AvgIpc) is 2.94. The fourth-order valence-corrected chi connectivity index (χ4v) is 2.49. The lowest BCUT2D eigenvalue weighted by Gasteiger charge is -2.20. The van der Waals surface area contributed by atoms with Crippen LogP contribution >= 0.6 is 0 Å². The van der Waals surface area contributed by atoms with E-state index >= 15 is 0 Å². The highest BCUT2D eigenvalue weighted by Crippen LogP contribution is 2.34. The predicted octanol–water partition coefficient (Wildman–Crippen LogP) is 0.933. The van der Waals surface area contributed by atoms with E-state index in [0.717, 1.165) is 24.2 Å². The number of furan rings is 1. The number of hydrogen-bond donors (Lipinski definition) is 3. The number of nitrogens with zero attached hydrogens (tertiary/aromatic N) is 2. The van der Waals surface area contributed by atoms with E-state index in [0.29, 0.717) is 29.2 Å². The van der Waals surface area contributed by atoms with Gasteiger partial charge in [0.15, 0.2) is 0 Å². The summed E-state index contributed by atoms with van der Waals surface area (Å²) in [5.74, 6) is 1.22. The molecule has 1 aliphatic rings. The van der Waals surface area contributed by atoms with E-state index < -0.39 is 0 Å². The van der Waals surface area contributed by atoms with Gasteiger partial charge in [-0.3, -0.25) is 0 Å². The van der Waals surface area contributed by atoms with Gasteiger partial charge in [-0.05, 0) is 17.7 Å². The third kappa shape index (κ3) is 1.93. The minimum atomic E-state index is -0.178. The van der Waals surface area contributed by atoms with Gasteiger partial charge in [0.1, 0.15) is 35.6 Å². The van der Waals surface area contributed by atoms with Gasteiger partial charge in [0.25, 0.3) is 0 Å². The molecule has 0 aliphatic carbocycles. The molecule has 0 bridgehead atoms. The first-order valence-electron chi connectivity index (χ1n) is 6.36. The van der Waals surface area contributed by atoms with Crippen molar-refractivity contribution < 1.29 is 9.52 Å². The molecule has 6 heteroatoms. The molecular formula is C14H14N4O2. The molecule has 0 saturated heterocycles. The monoisotopic (exact) mass is 270 g/mol. The number of fused-ring (bicyclic) bond motifs is 1. The Hall–Kier alpha value is -2.36. The van der Waals surface area contributed by atoms with E-state index in [-0.39, 0.29) is 12.4 Å². The van der Waals surface area contributed by atoms with Crippen molar-refractivity contribution in [3.05, 3.63) is 34.7 Å². The highest BCUT2D eigenvalue weighted by Gasteiger charge is 2.23. The molecule has 0 amide bonds. The molecule has 102 valence electrons. The van der Waals surface area contributed by atoms with Gasteiger partial charge >= 0.3 is 0 Å². The van der Waals surface area contributed by atoms with Gasteiger partial charge in [-0.1, -0.05) is 0 Å². The number of aliphatic hydroxyl groups is 1. The summed E-state index contributed by atoms with van der Waals surface area (Å²) in [6.45, 7) is 1.29. The van der Waals surface area contributed by atoms with E-state index in [4.69, 9.17) is 15.3 Å². The van der Waals surface area contributed by atoms with Crippen LogP contribution in [0.25, 0.3) is 11.3 Å². The van der Waals surface area contributed by atoms with E-state index in [9.17, 15) is 5.26 Å². The van der Waals surface area contributed by atoms with Gasteiger partial charge < -0.3 is 20.6 Å². The summed E-state index contributed by atoms with van der Waals surface area (Å²) in [6, 6.07) is 5.54. The molecule has 4 N–H and O–H groups in total. The van der Waals surface area contributed by atoms with Crippen molar-refractivity contribution in [2.45, 2.75) is 19.6 Å². The molecule has 2 aromatic rings. The third-order valence-corrected chi connectivity index (χ3v) is 3.43. The molecule has 0 aromatic carbocycles. The first kappa shape index (κ1) is 12.7. The number of anilines is 1. The van der Waals surface area contributed by atoms with Crippen molar-refractivity contribution in [3.63, 3.8) is 0 Å². The molecule has 1 aliphatic heterocycles. The Balaban J connectivity index is 2.26. The minimum Gasteiger partial charge on any atom is -0.459 e. The second kappa shape index (κ2) is 4.96. The van der Waals surface area contributed by atoms with Crippen LogP contribution in [0.1, 0.15) is 22.6 Å². The Labute approximate surface area is 115 Å². The number of nitriles is 1. The van der Waals surface area contributed by atoms with Gasteiger partial charge in [0, 0.05) is 30.8 Å². The number of hydrogen-bond acceptors (Lipinski definition) is 6. The van der Waals surface area contributed by atoms with Crippen LogP contribution in [0.4, 0.5) is 5.82 Å². The van der Waals surface area contributed by atoms with Crippen LogP contribution in [-0.4, -0.2) is 16.6 Å². The predicted molar refractivity (Wildman–Crippen MR) is 72.4 cm³/mol. The van der Waals surface area contributed by atoms with Crippen molar-refractivity contribution >= 4 is 5.82 Å². The highest BCUT2D eigenvalue weighted by molar-refractivity contribution is 5.76. The van der Waals surface area contributed by atoms with E-state index in [1.54, 1.807) is 12.1 Å². The third-order valence-electron chi connectivity index (χ3n) is 3.43. The maximum absolute atomic E-state index is 9.34. The Morgan fingerprint density at radius 3 is 3.05 bits per heavy atom. The number of aliphatic hydroxyl groups excluding tert-OH is 1. The first-order chi connectivity index (χ1) is 9.74. The molecule has 0 radical (unpaired) electrons. The zero-order valence-electron chi connectivity index (χ0n) is 10.8. The molecule has 0 fully saturated rings. The molecule has 2 aromatic heterocycles. The van der Waals surface area contributed by atoms with Crippen LogP contribution < -0.4 is 11.1 Å². The number of pyridine rings is 1. The fourth-order valence-electron chi connectivity index (χ4n) is 2.49. The first-order valence-corrected chi connectivity index (χ1v) is 6.36. The number of rotatable bonds is 2. The van der Waals surface area contributed by atoms with Crippen molar-refractivity contribution in [3.8, 4) is 17.4 Å². The van der Waals surface area contributed by atoms with Gasteiger partial charge in [-0.2, -0.15) is 5.26 Å². The zero-order chi connectivity index (χ0) is 14.1. The van der Waals surface area contributed by atoms with Gasteiger partial charge in [-0.15, -0.1) is 0 Å². The Morgan fingerprint density at radius 1 is 1.50 bits per heavy atom. The van der Waals surface area contributed by atoms with Crippen molar-refractivity contribution in [1.82, 2.24) is 10.3 Å². The van der Waals surface area contributed by atoms with Gasteiger partial charge in [0.05, 0.1) is 0 Å². The van der Waals surface area contributed by atoms with Crippen molar-refractivity contribution in [1.29, 1.82) is 5.26 Å². The standard InChI is InChI=1S/C14H14N4O2/c15-5-9-13(12-2-1-8(7-19)20-12)10-6-17-4-3-11(10)18-14(9)16/h1-2,17,19H,3-4,6-7H2,(H2,16,18). The van der Waals surface area contributed by atoms with E-state index in [2.05, 4.69) is 16.4 Å². The lowest BCUT2D eigenvalue weighted by Crippen LogP contribution is -2.26. The molecular weight excluding hydrogens is 256 g/mol. The van der Waals surface area contributed by atoms with Crippen LogP contribution in [0, 0.1) is 11.3 Å². The number of nitrogens with one attached hydrogen (secondary N) is 1. The van der Waals surface area contributed by atoms with Crippen LogP contribution in [0.5, 0.6) is 0 Å². The molecule has 3 heterocycles. The smallest absolute Gasteiger partial charge is 0.142 e. The van der Waals surface area contributed by atoms with Crippen LogP contribution in [0.15, 0.2) is 16.5 Å². The summed E-state index contributed by atoms with van der Waals surface area (Å²) >= 11 is 0. The van der Waals surface area contributed by atoms with Crippen LogP contribution in [-0.2, 0) is 19.6 Å². The number of aromatic nitrogens is 1. The van der Waals surface area contributed by atoms with E-state index in [1.165, 1.54) is 0 Å². The van der Waals surface area contributed by atoms with Crippen molar-refractivity contribution in [2.24, 2.45) is 0 Å². The SMILES string of the molecule is N#Cc1c(N)nc2c(c1-c1ccc(CO)o1)CNCC2. The Bertz CT molecular complexity index is 700. The summed E-state index contributed by atoms with van der Waals surface area (Å²) in [5, 5.41) is 21.7. The Kier molecular flexibility index (Phi) is 3.14.